The Morgan fingerprint density at radius 2 is 1.61 bits per heavy atom. The number of halogens is 1. The second-order valence-corrected chi connectivity index (χ2v) is 7.56. The molecule has 0 saturated carbocycles. The Balaban J connectivity index is 2.21. The predicted molar refractivity (Wildman–Crippen MR) is 92.5 cm³/mol. The summed E-state index contributed by atoms with van der Waals surface area (Å²) in [5.74, 6) is 1.12. The first-order chi connectivity index (χ1) is 10.9. The number of benzene rings is 2. The lowest BCUT2D eigenvalue weighted by atomic mass is 10.2. The number of aryl methyl sites for hydroxylation is 1. The van der Waals surface area contributed by atoms with Gasteiger partial charge in [0.1, 0.15) is 0 Å². The average molecular weight is 400 g/mol. The first-order valence-electron chi connectivity index (χ1n) is 6.84. The largest absolute Gasteiger partial charge is 0.493 e. The van der Waals surface area contributed by atoms with Gasteiger partial charge in [0, 0.05) is 11.0 Å². The molecule has 1 N–H and O–H groups in total. The summed E-state index contributed by atoms with van der Waals surface area (Å²) < 4.78 is 38.4. The van der Waals surface area contributed by atoms with Gasteiger partial charge in [0.25, 0.3) is 0 Å². The van der Waals surface area contributed by atoms with E-state index in [1.165, 1.54) is 7.11 Å². The molecule has 7 heteroatoms. The number of rotatable bonds is 6. The standard InChI is InChI=1S/C16H18BrNO4S/c1-11-4-6-13(7-5-11)23(19,20)18-10-12-8-15(21-2)16(22-3)9-14(12)17/h4-9,18H,10H2,1-3H3. The fourth-order valence-corrected chi connectivity index (χ4v) is 3.47. The first kappa shape index (κ1) is 17.8. The summed E-state index contributed by atoms with van der Waals surface area (Å²) in [4.78, 5) is 0.236. The molecule has 2 aromatic rings. The molecule has 0 aromatic heterocycles. The van der Waals surface area contributed by atoms with Crippen molar-refractivity contribution in [1.82, 2.24) is 4.72 Å². The topological polar surface area (TPSA) is 64.6 Å². The monoisotopic (exact) mass is 399 g/mol. The zero-order valence-electron chi connectivity index (χ0n) is 13.1. The van der Waals surface area contributed by atoms with Crippen LogP contribution in [0.2, 0.25) is 0 Å². The van der Waals surface area contributed by atoms with Crippen LogP contribution in [-0.4, -0.2) is 22.6 Å². The molecule has 0 aliphatic heterocycles. The average Bonchev–Trinajstić information content (AvgIpc) is 2.53. The third-order valence-corrected chi connectivity index (χ3v) is 5.49. The normalized spacial score (nSPS) is 11.3. The molecule has 0 unspecified atom stereocenters. The number of hydrogen-bond donors (Lipinski definition) is 1. The molecule has 124 valence electrons. The predicted octanol–water partition coefficient (Wildman–Crippen LogP) is 3.25. The Hall–Kier alpha value is -1.57. The van der Waals surface area contributed by atoms with E-state index in [1.54, 1.807) is 43.5 Å². The summed E-state index contributed by atoms with van der Waals surface area (Å²) in [7, 11) is -0.491. The zero-order valence-corrected chi connectivity index (χ0v) is 15.5. The minimum atomic E-state index is -3.57. The van der Waals surface area contributed by atoms with Crippen LogP contribution in [0, 0.1) is 6.92 Å². The van der Waals surface area contributed by atoms with Crippen molar-refractivity contribution >= 4 is 26.0 Å². The maximum Gasteiger partial charge on any atom is 0.240 e. The summed E-state index contributed by atoms with van der Waals surface area (Å²) in [6.45, 7) is 2.04. The lowest BCUT2D eigenvalue weighted by molar-refractivity contribution is 0.354. The van der Waals surface area contributed by atoms with Crippen molar-refractivity contribution in [3.63, 3.8) is 0 Å². The van der Waals surface area contributed by atoms with Crippen LogP contribution in [0.1, 0.15) is 11.1 Å². The molecule has 0 aliphatic rings. The molecule has 0 saturated heterocycles. The van der Waals surface area contributed by atoms with Crippen LogP contribution >= 0.6 is 15.9 Å². The van der Waals surface area contributed by atoms with Crippen molar-refractivity contribution < 1.29 is 17.9 Å². The third kappa shape index (κ3) is 4.25. The van der Waals surface area contributed by atoms with E-state index in [9.17, 15) is 8.42 Å². The van der Waals surface area contributed by atoms with Crippen LogP contribution in [0.15, 0.2) is 45.8 Å². The second-order valence-electron chi connectivity index (χ2n) is 4.94. The Bertz CT molecular complexity index is 788. The molecule has 2 aromatic carbocycles. The molecule has 0 heterocycles. The van der Waals surface area contributed by atoms with Crippen molar-refractivity contribution in [2.24, 2.45) is 0 Å². The van der Waals surface area contributed by atoms with E-state index < -0.39 is 10.0 Å². The fraction of sp³-hybridized carbons (Fsp3) is 0.250. The quantitative estimate of drug-likeness (QED) is 0.809. The highest BCUT2D eigenvalue weighted by atomic mass is 79.9. The van der Waals surface area contributed by atoms with Crippen molar-refractivity contribution in [2.75, 3.05) is 14.2 Å². The Kier molecular flexibility index (Phi) is 5.67. The summed E-state index contributed by atoms with van der Waals surface area (Å²) in [6.07, 6.45) is 0. The van der Waals surface area contributed by atoms with Gasteiger partial charge in [-0.2, -0.15) is 0 Å². The van der Waals surface area contributed by atoms with E-state index in [0.717, 1.165) is 15.6 Å². The molecule has 0 bridgehead atoms. The summed E-state index contributed by atoms with van der Waals surface area (Å²) >= 11 is 3.41. The van der Waals surface area contributed by atoms with Crippen LogP contribution in [0.5, 0.6) is 11.5 Å². The van der Waals surface area contributed by atoms with Gasteiger partial charge >= 0.3 is 0 Å². The van der Waals surface area contributed by atoms with E-state index in [2.05, 4.69) is 20.7 Å². The van der Waals surface area contributed by atoms with Crippen LogP contribution in [0.25, 0.3) is 0 Å². The third-order valence-electron chi connectivity index (χ3n) is 3.34. The van der Waals surface area contributed by atoms with E-state index in [0.29, 0.717) is 11.5 Å². The number of hydrogen-bond acceptors (Lipinski definition) is 4. The molecule has 2 rings (SSSR count). The van der Waals surface area contributed by atoms with E-state index in [4.69, 9.17) is 9.47 Å². The minimum Gasteiger partial charge on any atom is -0.493 e. The maximum atomic E-state index is 12.3. The second kappa shape index (κ2) is 7.33. The van der Waals surface area contributed by atoms with Gasteiger partial charge in [-0.1, -0.05) is 33.6 Å². The highest BCUT2D eigenvalue weighted by Gasteiger charge is 2.15. The number of methoxy groups -OCH3 is 2. The van der Waals surface area contributed by atoms with Crippen LogP contribution in [-0.2, 0) is 16.6 Å². The Morgan fingerprint density at radius 1 is 1.04 bits per heavy atom. The molecule has 23 heavy (non-hydrogen) atoms. The van der Waals surface area contributed by atoms with E-state index in [1.807, 2.05) is 6.92 Å². The van der Waals surface area contributed by atoms with Gasteiger partial charge in [-0.3, -0.25) is 0 Å². The van der Waals surface area contributed by atoms with Crippen molar-refractivity contribution in [3.05, 3.63) is 52.0 Å². The molecule has 0 aliphatic carbocycles. The van der Waals surface area contributed by atoms with E-state index >= 15 is 0 Å². The summed E-state index contributed by atoms with van der Waals surface area (Å²) in [5, 5.41) is 0. The van der Waals surface area contributed by atoms with Crippen LogP contribution in [0.3, 0.4) is 0 Å². The van der Waals surface area contributed by atoms with E-state index in [-0.39, 0.29) is 11.4 Å². The molecule has 5 nitrogen and oxygen atoms in total. The molecule has 0 atom stereocenters. The Morgan fingerprint density at radius 3 is 2.17 bits per heavy atom. The van der Waals surface area contributed by atoms with Crippen molar-refractivity contribution in [1.29, 1.82) is 0 Å². The highest BCUT2D eigenvalue weighted by Crippen LogP contribution is 2.33. The van der Waals surface area contributed by atoms with Gasteiger partial charge in [-0.25, -0.2) is 13.1 Å². The van der Waals surface area contributed by atoms with Crippen molar-refractivity contribution in [2.45, 2.75) is 18.4 Å². The molecule has 0 fully saturated rings. The number of sulfonamides is 1. The highest BCUT2D eigenvalue weighted by molar-refractivity contribution is 9.10. The van der Waals surface area contributed by atoms with Gasteiger partial charge in [-0.05, 0) is 36.8 Å². The first-order valence-corrected chi connectivity index (χ1v) is 9.11. The van der Waals surface area contributed by atoms with Gasteiger partial charge in [-0.15, -0.1) is 0 Å². The molecule has 0 radical (unpaired) electrons. The molecular weight excluding hydrogens is 382 g/mol. The molecule has 0 amide bonds. The maximum absolute atomic E-state index is 12.3. The Labute approximate surface area is 144 Å². The van der Waals surface area contributed by atoms with Gasteiger partial charge in [0.2, 0.25) is 10.0 Å². The minimum absolute atomic E-state index is 0.136. The van der Waals surface area contributed by atoms with Crippen molar-refractivity contribution in [3.8, 4) is 11.5 Å². The lowest BCUT2D eigenvalue weighted by Crippen LogP contribution is -2.23. The molecular formula is C16H18BrNO4S. The van der Waals surface area contributed by atoms with Crippen LogP contribution in [0.4, 0.5) is 0 Å². The van der Waals surface area contributed by atoms with Gasteiger partial charge in [0.15, 0.2) is 11.5 Å². The zero-order chi connectivity index (χ0) is 17.0. The fourth-order valence-electron chi connectivity index (χ4n) is 2.01. The number of ether oxygens (including phenoxy) is 2. The SMILES string of the molecule is COc1cc(Br)c(CNS(=O)(=O)c2ccc(C)cc2)cc1OC. The smallest absolute Gasteiger partial charge is 0.240 e. The lowest BCUT2D eigenvalue weighted by Gasteiger charge is -2.13. The van der Waals surface area contributed by atoms with Gasteiger partial charge < -0.3 is 9.47 Å². The van der Waals surface area contributed by atoms with Gasteiger partial charge in [0.05, 0.1) is 19.1 Å². The molecule has 0 spiro atoms. The number of nitrogens with one attached hydrogen (secondary N) is 1. The van der Waals surface area contributed by atoms with Crippen LogP contribution < -0.4 is 14.2 Å². The summed E-state index contributed by atoms with van der Waals surface area (Å²) in [5.41, 5.74) is 1.75. The summed E-state index contributed by atoms with van der Waals surface area (Å²) in [6, 6.07) is 10.2.